The summed E-state index contributed by atoms with van der Waals surface area (Å²) < 4.78 is 37.4. The lowest BCUT2D eigenvalue weighted by molar-refractivity contribution is 0.353. The first-order chi connectivity index (χ1) is 9.87. The summed E-state index contributed by atoms with van der Waals surface area (Å²) in [5.74, 6) is 1.29. The second-order valence-electron chi connectivity index (χ2n) is 4.32. The number of hydrogen-bond acceptors (Lipinski definition) is 6. The number of ether oxygens (including phenoxy) is 2. The van der Waals surface area contributed by atoms with E-state index < -0.39 is 10.0 Å². The third kappa shape index (κ3) is 3.07. The van der Waals surface area contributed by atoms with Crippen LogP contribution in [0.3, 0.4) is 0 Å². The minimum absolute atomic E-state index is 0.0123. The second kappa shape index (κ2) is 5.60. The molecule has 114 valence electrons. The van der Waals surface area contributed by atoms with Gasteiger partial charge >= 0.3 is 0 Å². The van der Waals surface area contributed by atoms with E-state index >= 15 is 0 Å². The zero-order chi connectivity index (χ0) is 15.6. The number of anilines is 1. The first kappa shape index (κ1) is 15.1. The van der Waals surface area contributed by atoms with Gasteiger partial charge in [-0.05, 0) is 25.5 Å². The average Bonchev–Trinajstić information content (AvgIpc) is 2.82. The third-order valence-corrected chi connectivity index (χ3v) is 4.26. The Morgan fingerprint density at radius 2 is 1.76 bits per heavy atom. The largest absolute Gasteiger partial charge is 0.493 e. The summed E-state index contributed by atoms with van der Waals surface area (Å²) in [6.45, 7) is 3.34. The Kier molecular flexibility index (Phi) is 4.03. The summed E-state index contributed by atoms with van der Waals surface area (Å²) in [5.41, 5.74) is 0.521. The topological polar surface area (TPSA) is 106 Å². The number of sulfonamides is 1. The lowest BCUT2D eigenvalue weighted by Gasteiger charge is -2.13. The number of nitrogens with one attached hydrogen (secondary N) is 2. The monoisotopic (exact) mass is 312 g/mol. The number of aromatic nitrogens is 3. The standard InChI is InChI=1S/C12H16N4O4S/c1-7-5-9(19-3)10(20-4)6-11(7)21(17,18)16-12-13-8(2)14-15-12/h5-6H,1-4H3,(H2,13,14,15,16). The van der Waals surface area contributed by atoms with Crippen molar-refractivity contribution in [1.82, 2.24) is 15.2 Å². The van der Waals surface area contributed by atoms with Gasteiger partial charge in [0.05, 0.1) is 19.1 Å². The van der Waals surface area contributed by atoms with E-state index in [-0.39, 0.29) is 10.8 Å². The quantitative estimate of drug-likeness (QED) is 0.860. The summed E-state index contributed by atoms with van der Waals surface area (Å²) >= 11 is 0. The van der Waals surface area contributed by atoms with Crippen molar-refractivity contribution in [1.29, 1.82) is 0 Å². The van der Waals surface area contributed by atoms with E-state index in [1.807, 2.05) is 0 Å². The molecule has 0 spiro atoms. The lowest BCUT2D eigenvalue weighted by atomic mass is 10.2. The van der Waals surface area contributed by atoms with Crippen LogP contribution < -0.4 is 14.2 Å². The number of nitrogens with zero attached hydrogens (tertiary/aromatic N) is 2. The number of rotatable bonds is 5. The van der Waals surface area contributed by atoms with Gasteiger partial charge in [-0.15, -0.1) is 5.10 Å². The van der Waals surface area contributed by atoms with Gasteiger partial charge in [-0.1, -0.05) is 0 Å². The Labute approximate surface area is 122 Å². The molecule has 0 aliphatic carbocycles. The van der Waals surface area contributed by atoms with Crippen molar-refractivity contribution in [3.63, 3.8) is 0 Å². The first-order valence-corrected chi connectivity index (χ1v) is 7.50. The van der Waals surface area contributed by atoms with E-state index in [1.54, 1.807) is 19.9 Å². The van der Waals surface area contributed by atoms with Crippen molar-refractivity contribution >= 4 is 16.0 Å². The predicted molar refractivity (Wildman–Crippen MR) is 76.2 cm³/mol. The molecule has 2 aromatic rings. The minimum Gasteiger partial charge on any atom is -0.493 e. The van der Waals surface area contributed by atoms with Gasteiger partial charge in [-0.25, -0.2) is 13.1 Å². The summed E-state index contributed by atoms with van der Waals surface area (Å²) in [6, 6.07) is 2.99. The minimum atomic E-state index is -3.82. The van der Waals surface area contributed by atoms with Crippen LogP contribution in [0.15, 0.2) is 17.0 Å². The zero-order valence-electron chi connectivity index (χ0n) is 12.1. The Morgan fingerprint density at radius 1 is 1.14 bits per heavy atom. The van der Waals surface area contributed by atoms with Gasteiger partial charge in [0.15, 0.2) is 11.5 Å². The molecule has 9 heteroatoms. The molecule has 1 heterocycles. The molecule has 0 saturated carbocycles. The van der Waals surface area contributed by atoms with Crippen LogP contribution in [0.1, 0.15) is 11.4 Å². The molecule has 2 N–H and O–H groups in total. The number of aromatic amines is 1. The maximum absolute atomic E-state index is 12.4. The summed E-state index contributed by atoms with van der Waals surface area (Å²) in [6.07, 6.45) is 0. The molecule has 1 aromatic carbocycles. The fourth-order valence-corrected chi connectivity index (χ4v) is 3.00. The molecule has 21 heavy (non-hydrogen) atoms. The van der Waals surface area contributed by atoms with Crippen LogP contribution in [0.5, 0.6) is 11.5 Å². The molecule has 0 radical (unpaired) electrons. The van der Waals surface area contributed by atoms with Gasteiger partial charge in [0.2, 0.25) is 0 Å². The molecule has 0 unspecified atom stereocenters. The smallest absolute Gasteiger partial charge is 0.264 e. The Bertz CT molecular complexity index is 755. The first-order valence-electron chi connectivity index (χ1n) is 6.02. The molecular weight excluding hydrogens is 296 g/mol. The normalized spacial score (nSPS) is 11.2. The van der Waals surface area contributed by atoms with E-state index in [9.17, 15) is 8.42 Å². The molecule has 1 aromatic heterocycles. The highest BCUT2D eigenvalue weighted by atomic mass is 32.2. The van der Waals surface area contributed by atoms with Gasteiger partial charge < -0.3 is 9.47 Å². The van der Waals surface area contributed by atoms with Gasteiger partial charge in [0.1, 0.15) is 5.82 Å². The molecule has 0 saturated heterocycles. The second-order valence-corrected chi connectivity index (χ2v) is 5.97. The molecule has 2 rings (SSSR count). The predicted octanol–water partition coefficient (Wildman–Crippen LogP) is 1.24. The molecule has 0 aliphatic rings. The molecule has 0 fully saturated rings. The SMILES string of the molecule is COc1cc(C)c(S(=O)(=O)Nc2n[nH]c(C)n2)cc1OC. The third-order valence-electron chi connectivity index (χ3n) is 2.79. The molecule has 0 amide bonds. The number of aryl methyl sites for hydroxylation is 2. The lowest BCUT2D eigenvalue weighted by Crippen LogP contribution is -2.15. The van der Waals surface area contributed by atoms with Crippen LogP contribution in [-0.2, 0) is 10.0 Å². The van der Waals surface area contributed by atoms with Crippen molar-refractivity contribution in [2.24, 2.45) is 0 Å². The van der Waals surface area contributed by atoms with Crippen molar-refractivity contribution in [3.05, 3.63) is 23.5 Å². The van der Waals surface area contributed by atoms with E-state index in [4.69, 9.17) is 9.47 Å². The highest BCUT2D eigenvalue weighted by molar-refractivity contribution is 7.92. The fourth-order valence-electron chi connectivity index (χ4n) is 1.81. The molecule has 0 aliphatic heterocycles. The van der Waals surface area contributed by atoms with Crippen molar-refractivity contribution in [2.45, 2.75) is 18.7 Å². The fraction of sp³-hybridized carbons (Fsp3) is 0.333. The van der Waals surface area contributed by atoms with E-state index in [1.165, 1.54) is 20.3 Å². The van der Waals surface area contributed by atoms with Crippen LogP contribution in [0.4, 0.5) is 5.95 Å². The van der Waals surface area contributed by atoms with Crippen molar-refractivity contribution < 1.29 is 17.9 Å². The number of benzene rings is 1. The Balaban J connectivity index is 2.44. The van der Waals surface area contributed by atoms with Crippen LogP contribution in [-0.4, -0.2) is 37.8 Å². The van der Waals surface area contributed by atoms with Gasteiger partial charge in [-0.2, -0.15) is 4.98 Å². The van der Waals surface area contributed by atoms with E-state index in [0.29, 0.717) is 22.9 Å². The Hall–Kier alpha value is -2.29. The Morgan fingerprint density at radius 3 is 2.29 bits per heavy atom. The summed E-state index contributed by atoms with van der Waals surface area (Å²) in [5, 5.41) is 6.32. The van der Waals surface area contributed by atoms with Crippen LogP contribution in [0.25, 0.3) is 0 Å². The van der Waals surface area contributed by atoms with Crippen LogP contribution in [0.2, 0.25) is 0 Å². The van der Waals surface area contributed by atoms with Crippen molar-refractivity contribution in [3.8, 4) is 11.5 Å². The summed E-state index contributed by atoms with van der Waals surface area (Å²) in [7, 11) is -0.892. The number of H-pyrrole nitrogens is 1. The average molecular weight is 312 g/mol. The zero-order valence-corrected chi connectivity index (χ0v) is 12.9. The van der Waals surface area contributed by atoms with Crippen LogP contribution >= 0.6 is 0 Å². The molecular formula is C12H16N4O4S. The van der Waals surface area contributed by atoms with Crippen LogP contribution in [0, 0.1) is 13.8 Å². The maximum atomic E-state index is 12.4. The highest BCUT2D eigenvalue weighted by Gasteiger charge is 2.21. The van der Waals surface area contributed by atoms with Crippen molar-refractivity contribution in [2.75, 3.05) is 18.9 Å². The molecule has 0 atom stereocenters. The maximum Gasteiger partial charge on any atom is 0.264 e. The van der Waals surface area contributed by atoms with Gasteiger partial charge in [0.25, 0.3) is 16.0 Å². The van der Waals surface area contributed by atoms with Gasteiger partial charge in [-0.3, -0.25) is 5.10 Å². The van der Waals surface area contributed by atoms with Gasteiger partial charge in [0, 0.05) is 6.07 Å². The summed E-state index contributed by atoms with van der Waals surface area (Å²) in [4.78, 5) is 3.99. The molecule has 0 bridgehead atoms. The molecule has 8 nitrogen and oxygen atoms in total. The van der Waals surface area contributed by atoms with E-state index in [0.717, 1.165) is 0 Å². The highest BCUT2D eigenvalue weighted by Crippen LogP contribution is 2.32. The number of methoxy groups -OCH3 is 2. The van der Waals surface area contributed by atoms with E-state index in [2.05, 4.69) is 19.9 Å². The number of hydrogen-bond donors (Lipinski definition) is 2.